The second-order valence-corrected chi connectivity index (χ2v) is 7.28. The van der Waals surface area contributed by atoms with Crippen LogP contribution in [0.4, 0.5) is 22.0 Å². The van der Waals surface area contributed by atoms with Crippen molar-refractivity contribution in [3.63, 3.8) is 0 Å². The molecule has 0 fully saturated rings. The molecule has 3 aromatic rings. The fourth-order valence-electron chi connectivity index (χ4n) is 2.08. The van der Waals surface area contributed by atoms with Crippen LogP contribution in [0.5, 0.6) is 0 Å². The zero-order valence-electron chi connectivity index (χ0n) is 12.9. The molecule has 3 aromatic heterocycles. The fraction of sp³-hybridized carbons (Fsp3) is 0.286. The van der Waals surface area contributed by atoms with Crippen molar-refractivity contribution in [2.24, 2.45) is 0 Å². The van der Waals surface area contributed by atoms with Crippen LogP contribution < -0.4 is 0 Å². The number of hydrogen-bond donors (Lipinski definition) is 0. The first-order chi connectivity index (χ1) is 12.1. The summed E-state index contributed by atoms with van der Waals surface area (Å²) < 4.78 is 66.4. The average Bonchev–Trinajstić information content (AvgIpc) is 2.97. The van der Waals surface area contributed by atoms with Gasteiger partial charge >= 0.3 is 12.1 Å². The molecular formula is C14H9BrF5N5S. The molecule has 0 aromatic carbocycles. The summed E-state index contributed by atoms with van der Waals surface area (Å²) in [7, 11) is 0. The lowest BCUT2D eigenvalue weighted by atomic mass is 10.2. The minimum Gasteiger partial charge on any atom is -0.235 e. The summed E-state index contributed by atoms with van der Waals surface area (Å²) in [5.74, 6) is -3.97. The van der Waals surface area contributed by atoms with Crippen molar-refractivity contribution < 1.29 is 22.0 Å². The number of pyridine rings is 1. The molecule has 0 amide bonds. The average molecular weight is 454 g/mol. The van der Waals surface area contributed by atoms with Crippen LogP contribution in [0, 0.1) is 0 Å². The summed E-state index contributed by atoms with van der Waals surface area (Å²) >= 11 is 4.78. The van der Waals surface area contributed by atoms with Crippen LogP contribution in [0.25, 0.3) is 16.9 Å². The molecule has 138 valence electrons. The summed E-state index contributed by atoms with van der Waals surface area (Å²) in [6, 6.07) is 2.38. The Hall–Kier alpha value is -1.82. The first kappa shape index (κ1) is 19.0. The second kappa shape index (κ2) is 6.72. The molecule has 0 N–H and O–H groups in total. The Morgan fingerprint density at radius 1 is 1.12 bits per heavy atom. The van der Waals surface area contributed by atoms with Gasteiger partial charge in [-0.05, 0) is 33.8 Å². The highest BCUT2D eigenvalue weighted by atomic mass is 79.9. The van der Waals surface area contributed by atoms with Gasteiger partial charge in [0.1, 0.15) is 16.7 Å². The summed E-state index contributed by atoms with van der Waals surface area (Å²) in [6.45, 7) is 1.94. The van der Waals surface area contributed by atoms with E-state index < -0.39 is 17.8 Å². The van der Waals surface area contributed by atoms with Crippen molar-refractivity contribution in [3.8, 4) is 5.82 Å². The van der Waals surface area contributed by atoms with E-state index in [2.05, 4.69) is 36.2 Å². The van der Waals surface area contributed by atoms with Crippen molar-refractivity contribution in [2.45, 2.75) is 23.9 Å². The van der Waals surface area contributed by atoms with Crippen molar-refractivity contribution in [1.29, 1.82) is 0 Å². The third kappa shape index (κ3) is 3.39. The van der Waals surface area contributed by atoms with E-state index in [4.69, 9.17) is 0 Å². The van der Waals surface area contributed by atoms with Crippen LogP contribution in [0.2, 0.25) is 0 Å². The van der Waals surface area contributed by atoms with Gasteiger partial charge in [0.15, 0.2) is 5.82 Å². The number of rotatable bonds is 4. The summed E-state index contributed by atoms with van der Waals surface area (Å²) in [4.78, 5) is 4.98. The Bertz CT molecular complexity index is 959. The zero-order chi connectivity index (χ0) is 19.1. The van der Waals surface area contributed by atoms with Crippen LogP contribution in [-0.4, -0.2) is 36.9 Å². The van der Waals surface area contributed by atoms with Crippen LogP contribution >= 0.6 is 27.7 Å². The van der Waals surface area contributed by atoms with Crippen molar-refractivity contribution in [1.82, 2.24) is 25.0 Å². The maximum absolute atomic E-state index is 13.4. The minimum absolute atomic E-state index is 0.0730. The Kier molecular flexibility index (Phi) is 4.90. The van der Waals surface area contributed by atoms with E-state index in [1.807, 2.05) is 6.92 Å². The monoisotopic (exact) mass is 453 g/mol. The Morgan fingerprint density at radius 3 is 2.50 bits per heavy atom. The minimum atomic E-state index is -5.77. The number of hydrogen-bond acceptors (Lipinski definition) is 5. The molecule has 0 radical (unpaired) electrons. The van der Waals surface area contributed by atoms with Crippen LogP contribution in [0.3, 0.4) is 0 Å². The highest BCUT2D eigenvalue weighted by molar-refractivity contribution is 9.10. The van der Waals surface area contributed by atoms with Gasteiger partial charge in [0.05, 0.1) is 11.1 Å². The zero-order valence-corrected chi connectivity index (χ0v) is 15.3. The number of nitrogens with zero attached hydrogens (tertiary/aromatic N) is 5. The van der Waals surface area contributed by atoms with Gasteiger partial charge in [0.25, 0.3) is 0 Å². The van der Waals surface area contributed by atoms with E-state index >= 15 is 0 Å². The van der Waals surface area contributed by atoms with E-state index in [0.717, 1.165) is 15.1 Å². The normalized spacial score (nSPS) is 12.7. The third-order valence-corrected chi connectivity index (χ3v) is 4.59. The Balaban J connectivity index is 2.09. The standard InChI is InChI=1S/C14H9BrF5N5S/c1-2-26-10-3-7(15)5-21-12(10)25-6-9-8(24-25)4-11(23-22-9)13(16,17)14(18,19)20/h3-6H,2H2,1H3. The van der Waals surface area contributed by atoms with Gasteiger partial charge in [0.2, 0.25) is 0 Å². The third-order valence-electron chi connectivity index (χ3n) is 3.26. The first-order valence-corrected chi connectivity index (χ1v) is 8.88. The number of fused-ring (bicyclic) bond motifs is 1. The van der Waals surface area contributed by atoms with Crippen molar-refractivity contribution in [3.05, 3.63) is 34.7 Å². The van der Waals surface area contributed by atoms with Crippen LogP contribution in [-0.2, 0) is 5.92 Å². The van der Waals surface area contributed by atoms with Crippen LogP contribution in [0.15, 0.2) is 33.9 Å². The molecule has 0 aliphatic heterocycles. The summed E-state index contributed by atoms with van der Waals surface area (Å²) in [6.07, 6.45) is -2.87. The molecule has 0 bridgehead atoms. The molecular weight excluding hydrogens is 445 g/mol. The maximum Gasteiger partial charge on any atom is 0.459 e. The van der Waals surface area contributed by atoms with Gasteiger partial charge in [-0.2, -0.15) is 27.1 Å². The summed E-state index contributed by atoms with van der Waals surface area (Å²) in [5.41, 5.74) is -1.57. The number of alkyl halides is 5. The molecule has 0 atom stereocenters. The molecule has 0 aliphatic carbocycles. The molecule has 3 rings (SSSR count). The number of thioether (sulfide) groups is 1. The van der Waals surface area contributed by atoms with Gasteiger partial charge in [-0.25, -0.2) is 9.67 Å². The molecule has 5 nitrogen and oxygen atoms in total. The van der Waals surface area contributed by atoms with E-state index in [9.17, 15) is 22.0 Å². The molecule has 12 heteroatoms. The quantitative estimate of drug-likeness (QED) is 0.421. The lowest BCUT2D eigenvalue weighted by Crippen LogP contribution is -2.34. The SMILES string of the molecule is CCSc1cc(Br)cnc1-n1cc2nnc(C(F)(F)C(F)(F)F)cc2n1. The topological polar surface area (TPSA) is 56.5 Å². The molecule has 0 saturated heterocycles. The van der Waals surface area contributed by atoms with Gasteiger partial charge in [0, 0.05) is 10.7 Å². The summed E-state index contributed by atoms with van der Waals surface area (Å²) in [5, 5.41) is 10.5. The fourth-order valence-corrected chi connectivity index (χ4v) is 3.36. The second-order valence-electron chi connectivity index (χ2n) is 5.05. The van der Waals surface area contributed by atoms with Crippen LogP contribution in [0.1, 0.15) is 12.6 Å². The first-order valence-electron chi connectivity index (χ1n) is 7.10. The molecule has 0 aliphatic rings. The van der Waals surface area contributed by atoms with Crippen molar-refractivity contribution in [2.75, 3.05) is 5.75 Å². The van der Waals surface area contributed by atoms with Crippen molar-refractivity contribution >= 4 is 38.7 Å². The highest BCUT2D eigenvalue weighted by Gasteiger charge is 2.60. The lowest BCUT2D eigenvalue weighted by molar-refractivity contribution is -0.291. The number of aromatic nitrogens is 5. The Morgan fingerprint density at radius 2 is 1.85 bits per heavy atom. The van der Waals surface area contributed by atoms with E-state index in [1.54, 1.807) is 6.07 Å². The number of halogens is 6. The maximum atomic E-state index is 13.4. The molecule has 0 spiro atoms. The van der Waals surface area contributed by atoms with Gasteiger partial charge in [-0.3, -0.25) is 0 Å². The van der Waals surface area contributed by atoms with E-state index in [1.165, 1.54) is 28.8 Å². The molecule has 26 heavy (non-hydrogen) atoms. The van der Waals surface area contributed by atoms with Gasteiger partial charge < -0.3 is 0 Å². The van der Waals surface area contributed by atoms with E-state index in [0.29, 0.717) is 11.9 Å². The predicted octanol–water partition coefficient (Wildman–Crippen LogP) is 4.74. The van der Waals surface area contributed by atoms with Gasteiger partial charge in [-0.15, -0.1) is 22.0 Å². The molecule has 0 saturated carbocycles. The smallest absolute Gasteiger partial charge is 0.235 e. The lowest BCUT2D eigenvalue weighted by Gasteiger charge is -2.17. The molecule has 3 heterocycles. The largest absolute Gasteiger partial charge is 0.459 e. The predicted molar refractivity (Wildman–Crippen MR) is 88.5 cm³/mol. The van der Waals surface area contributed by atoms with E-state index in [-0.39, 0.29) is 11.0 Å². The van der Waals surface area contributed by atoms with Gasteiger partial charge in [-0.1, -0.05) is 6.92 Å². The highest BCUT2D eigenvalue weighted by Crippen LogP contribution is 2.43. The molecule has 0 unspecified atom stereocenters. The Labute approximate surface area is 156 Å².